The fraction of sp³-hybridized carbons (Fsp3) is 0.667. The fourth-order valence-electron chi connectivity index (χ4n) is 1.97. The minimum absolute atomic E-state index is 0.0631. The molecule has 0 saturated carbocycles. The van der Waals surface area contributed by atoms with Crippen LogP contribution in [0.25, 0.3) is 0 Å². The molecule has 3 N–H and O–H groups in total. The van der Waals surface area contributed by atoms with Crippen molar-refractivity contribution in [2.45, 2.75) is 33.2 Å². The number of H-pyrrole nitrogens is 1. The molecule has 0 aliphatic carbocycles. The highest BCUT2D eigenvalue weighted by molar-refractivity contribution is 5.94. The van der Waals surface area contributed by atoms with Crippen LogP contribution in [0.2, 0.25) is 0 Å². The second kappa shape index (κ2) is 5.31. The smallest absolute Gasteiger partial charge is 0.272 e. The van der Waals surface area contributed by atoms with Gasteiger partial charge in [-0.05, 0) is 12.3 Å². The zero-order chi connectivity index (χ0) is 12.3. The Bertz CT molecular complexity index is 397. The Hall–Kier alpha value is -1.36. The minimum atomic E-state index is -0.0631. The molecule has 17 heavy (non-hydrogen) atoms. The minimum Gasteiger partial charge on any atom is -0.351 e. The molecule has 1 aliphatic heterocycles. The molecule has 5 nitrogen and oxygen atoms in total. The van der Waals surface area contributed by atoms with E-state index in [-0.39, 0.29) is 5.91 Å². The first kappa shape index (κ1) is 12.1. The SMILES string of the molecule is CC(C)CCNC(=O)c1n[nH]c2c1CNCC2. The van der Waals surface area contributed by atoms with E-state index in [1.165, 1.54) is 0 Å². The molecule has 0 spiro atoms. The van der Waals surface area contributed by atoms with Crippen molar-refractivity contribution in [3.8, 4) is 0 Å². The summed E-state index contributed by atoms with van der Waals surface area (Å²) in [6.45, 7) is 6.69. The monoisotopic (exact) mass is 236 g/mol. The number of hydrogen-bond donors (Lipinski definition) is 3. The van der Waals surface area contributed by atoms with Crippen LogP contribution in [0, 0.1) is 5.92 Å². The zero-order valence-electron chi connectivity index (χ0n) is 10.5. The first-order valence-electron chi connectivity index (χ1n) is 6.23. The number of carbonyl (C=O) groups is 1. The van der Waals surface area contributed by atoms with Gasteiger partial charge in [-0.2, -0.15) is 5.10 Å². The first-order valence-corrected chi connectivity index (χ1v) is 6.23. The maximum atomic E-state index is 11.9. The lowest BCUT2D eigenvalue weighted by molar-refractivity contribution is 0.0946. The highest BCUT2D eigenvalue weighted by atomic mass is 16.1. The molecular weight excluding hydrogens is 216 g/mol. The van der Waals surface area contributed by atoms with Crippen molar-refractivity contribution in [3.63, 3.8) is 0 Å². The highest BCUT2D eigenvalue weighted by Crippen LogP contribution is 2.15. The quantitative estimate of drug-likeness (QED) is 0.725. The van der Waals surface area contributed by atoms with Crippen molar-refractivity contribution in [2.24, 2.45) is 5.92 Å². The highest BCUT2D eigenvalue weighted by Gasteiger charge is 2.20. The van der Waals surface area contributed by atoms with Crippen LogP contribution in [0.5, 0.6) is 0 Å². The molecule has 2 rings (SSSR count). The van der Waals surface area contributed by atoms with Crippen LogP contribution in [-0.4, -0.2) is 29.2 Å². The third-order valence-electron chi connectivity index (χ3n) is 3.03. The number of hydrogen-bond acceptors (Lipinski definition) is 3. The van der Waals surface area contributed by atoms with E-state index in [1.54, 1.807) is 0 Å². The Balaban J connectivity index is 1.97. The molecule has 1 aromatic heterocycles. The summed E-state index contributed by atoms with van der Waals surface area (Å²) in [7, 11) is 0. The Morgan fingerprint density at radius 2 is 2.35 bits per heavy atom. The summed E-state index contributed by atoms with van der Waals surface area (Å²) < 4.78 is 0. The van der Waals surface area contributed by atoms with Crippen molar-refractivity contribution < 1.29 is 4.79 Å². The average molecular weight is 236 g/mol. The molecule has 1 aliphatic rings. The predicted molar refractivity (Wildman–Crippen MR) is 65.8 cm³/mol. The van der Waals surface area contributed by atoms with E-state index >= 15 is 0 Å². The largest absolute Gasteiger partial charge is 0.351 e. The van der Waals surface area contributed by atoms with E-state index in [4.69, 9.17) is 0 Å². The first-order chi connectivity index (χ1) is 8.18. The number of carbonyl (C=O) groups excluding carboxylic acids is 1. The molecule has 94 valence electrons. The Morgan fingerprint density at radius 3 is 3.12 bits per heavy atom. The van der Waals surface area contributed by atoms with Gasteiger partial charge in [-0.1, -0.05) is 13.8 Å². The van der Waals surface area contributed by atoms with Crippen LogP contribution in [0.3, 0.4) is 0 Å². The van der Waals surface area contributed by atoms with Gasteiger partial charge in [0, 0.05) is 37.3 Å². The molecule has 1 aromatic rings. The van der Waals surface area contributed by atoms with Gasteiger partial charge in [0.2, 0.25) is 0 Å². The Kier molecular flexibility index (Phi) is 3.78. The molecule has 0 unspecified atom stereocenters. The maximum Gasteiger partial charge on any atom is 0.272 e. The molecular formula is C12H20N4O. The van der Waals surface area contributed by atoms with E-state index in [2.05, 4.69) is 34.7 Å². The maximum absolute atomic E-state index is 11.9. The standard InChI is InChI=1S/C12H20N4O/c1-8(2)3-6-14-12(17)11-9-7-13-5-4-10(9)15-16-11/h8,13H,3-7H2,1-2H3,(H,14,17)(H,15,16). The van der Waals surface area contributed by atoms with Crippen molar-refractivity contribution >= 4 is 5.91 Å². The van der Waals surface area contributed by atoms with Crippen LogP contribution in [0.1, 0.15) is 42.0 Å². The number of nitrogens with zero attached hydrogens (tertiary/aromatic N) is 1. The van der Waals surface area contributed by atoms with Gasteiger partial charge in [-0.3, -0.25) is 9.89 Å². The summed E-state index contributed by atoms with van der Waals surface area (Å²) in [4.78, 5) is 11.9. The van der Waals surface area contributed by atoms with Crippen molar-refractivity contribution in [3.05, 3.63) is 17.0 Å². The molecule has 0 bridgehead atoms. The van der Waals surface area contributed by atoms with Crippen molar-refractivity contribution in [1.82, 2.24) is 20.8 Å². The second-order valence-corrected chi connectivity index (χ2v) is 4.89. The molecule has 0 aromatic carbocycles. The van der Waals surface area contributed by atoms with Crippen LogP contribution < -0.4 is 10.6 Å². The number of amides is 1. The van der Waals surface area contributed by atoms with Gasteiger partial charge < -0.3 is 10.6 Å². The van der Waals surface area contributed by atoms with Crippen molar-refractivity contribution in [2.75, 3.05) is 13.1 Å². The normalized spacial score (nSPS) is 14.8. The molecule has 2 heterocycles. The summed E-state index contributed by atoms with van der Waals surface area (Å²) in [6.07, 6.45) is 1.91. The second-order valence-electron chi connectivity index (χ2n) is 4.89. The fourth-order valence-corrected chi connectivity index (χ4v) is 1.97. The lowest BCUT2D eigenvalue weighted by Crippen LogP contribution is -2.29. The van der Waals surface area contributed by atoms with Gasteiger partial charge in [0.25, 0.3) is 5.91 Å². The molecule has 0 saturated heterocycles. The lowest BCUT2D eigenvalue weighted by Gasteiger charge is -2.13. The van der Waals surface area contributed by atoms with Crippen LogP contribution in [-0.2, 0) is 13.0 Å². The third kappa shape index (κ3) is 2.85. The lowest BCUT2D eigenvalue weighted by atomic mass is 10.1. The summed E-state index contributed by atoms with van der Waals surface area (Å²) in [5.41, 5.74) is 2.67. The van der Waals surface area contributed by atoms with E-state index < -0.39 is 0 Å². The zero-order valence-corrected chi connectivity index (χ0v) is 10.5. The average Bonchev–Trinajstić information content (AvgIpc) is 2.72. The van der Waals surface area contributed by atoms with Gasteiger partial charge in [0.05, 0.1) is 0 Å². The number of fused-ring (bicyclic) bond motifs is 1. The van der Waals surface area contributed by atoms with Gasteiger partial charge in [0.15, 0.2) is 5.69 Å². The molecule has 0 atom stereocenters. The molecule has 1 amide bonds. The van der Waals surface area contributed by atoms with Gasteiger partial charge >= 0.3 is 0 Å². The van der Waals surface area contributed by atoms with E-state index in [1.807, 2.05) is 0 Å². The Morgan fingerprint density at radius 1 is 1.53 bits per heavy atom. The summed E-state index contributed by atoms with van der Waals surface area (Å²) in [5.74, 6) is 0.539. The summed E-state index contributed by atoms with van der Waals surface area (Å²) in [6, 6.07) is 0. The Labute approximate surface area is 101 Å². The van der Waals surface area contributed by atoms with Crippen LogP contribution >= 0.6 is 0 Å². The third-order valence-corrected chi connectivity index (χ3v) is 3.03. The molecule has 0 radical (unpaired) electrons. The summed E-state index contributed by atoms with van der Waals surface area (Å²) >= 11 is 0. The van der Waals surface area contributed by atoms with E-state index in [9.17, 15) is 4.79 Å². The van der Waals surface area contributed by atoms with Crippen LogP contribution in [0.15, 0.2) is 0 Å². The van der Waals surface area contributed by atoms with E-state index in [0.29, 0.717) is 18.2 Å². The van der Waals surface area contributed by atoms with Gasteiger partial charge in [0.1, 0.15) is 0 Å². The number of rotatable bonds is 4. The van der Waals surface area contributed by atoms with E-state index in [0.717, 1.165) is 37.2 Å². The van der Waals surface area contributed by atoms with Crippen molar-refractivity contribution in [1.29, 1.82) is 0 Å². The van der Waals surface area contributed by atoms with Crippen LogP contribution in [0.4, 0.5) is 0 Å². The number of nitrogens with one attached hydrogen (secondary N) is 3. The number of aromatic nitrogens is 2. The predicted octanol–water partition coefficient (Wildman–Crippen LogP) is 0.831. The summed E-state index contributed by atoms with van der Waals surface area (Å²) in [5, 5.41) is 13.2. The number of aromatic amines is 1. The molecule has 0 fully saturated rings. The van der Waals surface area contributed by atoms with Gasteiger partial charge in [-0.25, -0.2) is 0 Å². The van der Waals surface area contributed by atoms with Gasteiger partial charge in [-0.15, -0.1) is 0 Å². The molecule has 5 heteroatoms. The topological polar surface area (TPSA) is 69.8 Å².